The number of piperidine rings is 1. The molecule has 0 bridgehead atoms. The lowest BCUT2D eigenvalue weighted by Gasteiger charge is -2.38. The fourth-order valence-corrected chi connectivity index (χ4v) is 3.09. The number of carboxylic acid groups (broad SMARTS) is 1. The summed E-state index contributed by atoms with van der Waals surface area (Å²) in [5, 5.41) is 21.6. The predicted molar refractivity (Wildman–Crippen MR) is 70.1 cm³/mol. The Morgan fingerprint density at radius 3 is 2.77 bits per heavy atom. The van der Waals surface area contributed by atoms with Gasteiger partial charge in [-0.2, -0.15) is 17.5 Å². The van der Waals surface area contributed by atoms with E-state index in [4.69, 9.17) is 5.11 Å². The molecule has 1 aromatic rings. The molecule has 1 saturated heterocycles. The topological polar surface area (TPSA) is 109 Å². The van der Waals surface area contributed by atoms with Gasteiger partial charge in [-0.1, -0.05) is 0 Å². The van der Waals surface area contributed by atoms with Gasteiger partial charge in [0.15, 0.2) is 5.00 Å². The molecule has 0 aliphatic carbocycles. The number of hydrogen-bond donors (Lipinski definition) is 2. The molecule has 2 rings (SSSR count). The summed E-state index contributed by atoms with van der Waals surface area (Å²) in [6.45, 7) is -0.549. The van der Waals surface area contributed by atoms with E-state index in [0.29, 0.717) is 11.5 Å². The quantitative estimate of drug-likeness (QED) is 0.644. The third-order valence-corrected chi connectivity index (χ3v) is 4.11. The molecule has 1 fully saturated rings. The van der Waals surface area contributed by atoms with Gasteiger partial charge in [0, 0.05) is 13.1 Å². The summed E-state index contributed by atoms with van der Waals surface area (Å²) in [6.07, 6.45) is -5.39. The van der Waals surface area contributed by atoms with E-state index in [1.165, 1.54) is 0 Å². The maximum atomic E-state index is 13.0. The average molecular weight is 340 g/mol. The van der Waals surface area contributed by atoms with Crippen molar-refractivity contribution < 1.29 is 28.0 Å². The number of nitro groups is 1. The van der Waals surface area contributed by atoms with Crippen molar-refractivity contribution >= 4 is 28.3 Å². The monoisotopic (exact) mass is 340 g/mol. The van der Waals surface area contributed by atoms with Crippen LogP contribution in [0.2, 0.25) is 0 Å². The first-order valence-electron chi connectivity index (χ1n) is 6.08. The first-order chi connectivity index (χ1) is 10.2. The maximum Gasteiger partial charge on any atom is 0.404 e. The maximum absolute atomic E-state index is 13.0. The number of nitrogens with zero attached hydrogens (tertiary/aromatic N) is 3. The second-order valence-electron chi connectivity index (χ2n) is 4.80. The molecule has 12 heteroatoms. The van der Waals surface area contributed by atoms with Crippen LogP contribution in [0.4, 0.5) is 28.7 Å². The van der Waals surface area contributed by atoms with Crippen LogP contribution in [0.25, 0.3) is 0 Å². The van der Waals surface area contributed by atoms with Gasteiger partial charge >= 0.3 is 18.0 Å². The van der Waals surface area contributed by atoms with Crippen molar-refractivity contribution in [3.05, 3.63) is 16.3 Å². The van der Waals surface area contributed by atoms with Gasteiger partial charge < -0.3 is 15.3 Å². The number of anilines is 1. The first-order valence-corrected chi connectivity index (χ1v) is 6.86. The largest absolute Gasteiger partial charge is 0.465 e. The molecule has 2 atom stereocenters. The zero-order valence-electron chi connectivity index (χ0n) is 10.9. The molecule has 0 radical (unpaired) electrons. The Morgan fingerprint density at radius 1 is 1.55 bits per heavy atom. The van der Waals surface area contributed by atoms with Gasteiger partial charge in [-0.3, -0.25) is 10.1 Å². The van der Waals surface area contributed by atoms with Crippen LogP contribution in [0.3, 0.4) is 0 Å². The van der Waals surface area contributed by atoms with E-state index in [1.54, 1.807) is 0 Å². The second kappa shape index (κ2) is 5.94. The lowest BCUT2D eigenvalue weighted by Crippen LogP contribution is -2.53. The van der Waals surface area contributed by atoms with Crippen LogP contribution in [-0.4, -0.2) is 45.8 Å². The van der Waals surface area contributed by atoms with Gasteiger partial charge in [-0.15, -0.1) is 0 Å². The average Bonchev–Trinajstić information content (AvgIpc) is 2.85. The highest BCUT2D eigenvalue weighted by Crippen LogP contribution is 2.39. The minimum Gasteiger partial charge on any atom is -0.465 e. The molecule has 1 aromatic heterocycles. The van der Waals surface area contributed by atoms with Crippen molar-refractivity contribution in [2.75, 3.05) is 18.0 Å². The number of alkyl halides is 3. The SMILES string of the molecule is O=C(O)N[C@H]1C[C@@H](C(F)(F)F)CN(c2sncc2[N+](=O)[O-])C1. The second-order valence-corrected chi connectivity index (χ2v) is 5.58. The molecule has 1 aliphatic heterocycles. The van der Waals surface area contributed by atoms with Crippen LogP contribution in [0.1, 0.15) is 6.42 Å². The van der Waals surface area contributed by atoms with Crippen LogP contribution in [0.5, 0.6) is 0 Å². The Kier molecular flexibility index (Phi) is 4.39. The summed E-state index contributed by atoms with van der Waals surface area (Å²) < 4.78 is 42.6. The van der Waals surface area contributed by atoms with Gasteiger partial charge in [0.1, 0.15) is 6.20 Å². The normalized spacial score (nSPS) is 22.4. The molecule has 0 spiro atoms. The van der Waals surface area contributed by atoms with E-state index in [1.807, 2.05) is 5.32 Å². The zero-order valence-corrected chi connectivity index (χ0v) is 11.7. The highest BCUT2D eigenvalue weighted by atomic mass is 32.1. The van der Waals surface area contributed by atoms with Crippen LogP contribution < -0.4 is 10.2 Å². The summed E-state index contributed by atoms with van der Waals surface area (Å²) in [6, 6.07) is -0.973. The number of aromatic nitrogens is 1. The molecule has 122 valence electrons. The lowest BCUT2D eigenvalue weighted by molar-refractivity contribution is -0.384. The minimum atomic E-state index is -4.52. The van der Waals surface area contributed by atoms with Crippen molar-refractivity contribution in [3.63, 3.8) is 0 Å². The third kappa shape index (κ3) is 3.55. The summed E-state index contributed by atoms with van der Waals surface area (Å²) in [5.74, 6) is -1.78. The van der Waals surface area contributed by atoms with E-state index < -0.39 is 42.1 Å². The fourth-order valence-electron chi connectivity index (χ4n) is 2.35. The summed E-state index contributed by atoms with van der Waals surface area (Å²) >= 11 is 0.710. The number of rotatable bonds is 3. The van der Waals surface area contributed by atoms with Crippen molar-refractivity contribution in [2.24, 2.45) is 5.92 Å². The summed E-state index contributed by atoms with van der Waals surface area (Å²) in [4.78, 5) is 22.0. The summed E-state index contributed by atoms with van der Waals surface area (Å²) in [7, 11) is 0. The van der Waals surface area contributed by atoms with Gasteiger partial charge in [-0.25, -0.2) is 4.79 Å². The predicted octanol–water partition coefficient (Wildman–Crippen LogP) is 2.08. The molecule has 22 heavy (non-hydrogen) atoms. The van der Waals surface area contributed by atoms with Crippen molar-refractivity contribution in [1.29, 1.82) is 0 Å². The Hall–Kier alpha value is -2.11. The number of hydrogen-bond acceptors (Lipinski definition) is 6. The van der Waals surface area contributed by atoms with Crippen molar-refractivity contribution in [3.8, 4) is 0 Å². The highest BCUT2D eigenvalue weighted by molar-refractivity contribution is 7.10. The molecule has 2 N–H and O–H groups in total. The Bertz CT molecular complexity index is 579. The molecule has 1 amide bonds. The van der Waals surface area contributed by atoms with E-state index in [-0.39, 0.29) is 17.2 Å². The van der Waals surface area contributed by atoms with Crippen molar-refractivity contribution in [2.45, 2.75) is 18.6 Å². The van der Waals surface area contributed by atoms with E-state index >= 15 is 0 Å². The molecular weight excluding hydrogens is 329 g/mol. The first kappa shape index (κ1) is 16.3. The Balaban J connectivity index is 2.27. The molecule has 0 saturated carbocycles. The molecule has 2 heterocycles. The fraction of sp³-hybridized carbons (Fsp3) is 0.600. The van der Waals surface area contributed by atoms with E-state index in [9.17, 15) is 28.1 Å². The molecule has 0 unspecified atom stereocenters. The molecular formula is C10H11F3N4O4S. The van der Waals surface area contributed by atoms with Crippen LogP contribution in [0.15, 0.2) is 6.20 Å². The molecule has 1 aliphatic rings. The van der Waals surface area contributed by atoms with Gasteiger partial charge in [0.2, 0.25) is 0 Å². The summed E-state index contributed by atoms with van der Waals surface area (Å²) in [5.41, 5.74) is -0.387. The van der Waals surface area contributed by atoms with Crippen molar-refractivity contribution in [1.82, 2.24) is 9.69 Å². The van der Waals surface area contributed by atoms with Gasteiger partial charge in [0.05, 0.1) is 16.9 Å². The molecule has 8 nitrogen and oxygen atoms in total. The lowest BCUT2D eigenvalue weighted by atomic mass is 9.94. The van der Waals surface area contributed by atoms with Crippen LogP contribution >= 0.6 is 11.5 Å². The van der Waals surface area contributed by atoms with E-state index in [0.717, 1.165) is 11.1 Å². The highest BCUT2D eigenvalue weighted by Gasteiger charge is 2.46. The smallest absolute Gasteiger partial charge is 0.404 e. The molecule has 0 aromatic carbocycles. The third-order valence-electron chi connectivity index (χ3n) is 3.26. The van der Waals surface area contributed by atoms with Crippen LogP contribution in [0, 0.1) is 16.0 Å². The number of carbonyl (C=O) groups is 1. The minimum absolute atomic E-state index is 0.00358. The Labute approximate surface area is 125 Å². The number of amides is 1. The standard InChI is InChI=1S/C10H11F3N4O4S/c11-10(12,13)5-1-6(15-9(18)19)4-16(3-5)8-7(17(20)21)2-14-22-8/h2,5-6,15H,1,3-4H2,(H,18,19)/t5-,6+/m1/s1. The van der Waals surface area contributed by atoms with E-state index in [2.05, 4.69) is 4.37 Å². The number of halogens is 3. The zero-order chi connectivity index (χ0) is 16.5. The van der Waals surface area contributed by atoms with Gasteiger partial charge in [-0.05, 0) is 18.0 Å². The van der Waals surface area contributed by atoms with Gasteiger partial charge in [0.25, 0.3) is 0 Å². The Morgan fingerprint density at radius 2 is 2.23 bits per heavy atom. The van der Waals surface area contributed by atoms with Crippen LogP contribution in [-0.2, 0) is 0 Å². The number of nitrogens with one attached hydrogen (secondary N) is 1.